The van der Waals surface area contributed by atoms with Crippen molar-refractivity contribution in [3.8, 4) is 0 Å². The molecule has 0 unspecified atom stereocenters. The molecule has 0 aliphatic carbocycles. The van der Waals surface area contributed by atoms with Crippen LogP contribution in [-0.2, 0) is 4.74 Å². The van der Waals surface area contributed by atoms with E-state index >= 15 is 0 Å². The van der Waals surface area contributed by atoms with E-state index in [1.807, 2.05) is 25.1 Å². The summed E-state index contributed by atoms with van der Waals surface area (Å²) in [7, 11) is 1.42. The molecule has 0 bridgehead atoms. The first-order chi connectivity index (χ1) is 15.4. The minimum absolute atomic E-state index is 0.0409. The number of benzene rings is 3. The van der Waals surface area contributed by atoms with Crippen LogP contribution in [0.15, 0.2) is 78.8 Å². The number of rotatable bonds is 4. The normalized spacial score (nSPS) is 13.2. The zero-order valence-corrected chi connectivity index (χ0v) is 19.3. The molecule has 1 heterocycles. The highest BCUT2D eigenvalue weighted by Gasteiger charge is 2.32. The number of hydrogen-bond acceptors (Lipinski definition) is 3. The van der Waals surface area contributed by atoms with Crippen LogP contribution in [0.3, 0.4) is 0 Å². The lowest BCUT2D eigenvalue weighted by atomic mass is 9.50. The Kier molecular flexibility index (Phi) is 6.05. The van der Waals surface area contributed by atoms with Gasteiger partial charge in [0.25, 0.3) is 0 Å². The van der Waals surface area contributed by atoms with Gasteiger partial charge in [-0.15, -0.1) is 0 Å². The fourth-order valence-electron chi connectivity index (χ4n) is 4.73. The second kappa shape index (κ2) is 8.92. The minimum Gasteiger partial charge on any atom is -0.465 e. The fourth-order valence-corrected chi connectivity index (χ4v) is 4.73. The predicted molar refractivity (Wildman–Crippen MR) is 135 cm³/mol. The van der Waals surface area contributed by atoms with Gasteiger partial charge >= 0.3 is 12.8 Å². The number of anilines is 1. The molecular formula is C28H28BNO2. The smallest absolute Gasteiger partial charge is 0.338 e. The van der Waals surface area contributed by atoms with Gasteiger partial charge < -0.3 is 9.55 Å². The van der Waals surface area contributed by atoms with Crippen LogP contribution in [0.1, 0.15) is 38.2 Å². The zero-order chi connectivity index (χ0) is 22.8. The molecule has 3 aromatic rings. The summed E-state index contributed by atoms with van der Waals surface area (Å²) in [6.45, 7) is 8.52. The Labute approximate surface area is 191 Å². The van der Waals surface area contributed by atoms with Crippen molar-refractivity contribution in [3.63, 3.8) is 0 Å². The van der Waals surface area contributed by atoms with Crippen molar-refractivity contribution in [3.05, 3.63) is 112 Å². The molecule has 0 fully saturated rings. The number of nitrogens with zero attached hydrogens (tertiary/aromatic N) is 1. The number of allylic oxidation sites excluding steroid dienone is 2. The van der Waals surface area contributed by atoms with Gasteiger partial charge in [-0.2, -0.15) is 0 Å². The number of hydrogen-bond donors (Lipinski definition) is 0. The molecule has 0 spiro atoms. The maximum atomic E-state index is 12.2. The second-order valence-corrected chi connectivity index (χ2v) is 8.42. The van der Waals surface area contributed by atoms with Gasteiger partial charge in [0, 0.05) is 11.4 Å². The summed E-state index contributed by atoms with van der Waals surface area (Å²) in [5, 5.41) is 0. The van der Waals surface area contributed by atoms with Crippen molar-refractivity contribution < 1.29 is 9.53 Å². The Morgan fingerprint density at radius 1 is 0.875 bits per heavy atom. The van der Waals surface area contributed by atoms with E-state index in [1.54, 1.807) is 0 Å². The molecule has 1 aliphatic heterocycles. The topological polar surface area (TPSA) is 29.5 Å². The molecule has 4 heteroatoms. The molecule has 0 aromatic heterocycles. The number of methoxy groups -OCH3 is 1. The zero-order valence-electron chi connectivity index (χ0n) is 19.3. The lowest BCUT2D eigenvalue weighted by Gasteiger charge is -2.36. The Balaban J connectivity index is 1.90. The highest BCUT2D eigenvalue weighted by atomic mass is 16.5. The Morgan fingerprint density at radius 3 is 2.19 bits per heavy atom. The SMILES string of the molecule is COC(=O)c1ccc(N2B(c3c(C)cc(C)cc3C)C=CC=C2c2ccccc2)cc1C. The van der Waals surface area contributed by atoms with Crippen LogP contribution in [-0.4, -0.2) is 19.9 Å². The van der Waals surface area contributed by atoms with E-state index in [1.165, 1.54) is 29.3 Å². The van der Waals surface area contributed by atoms with Gasteiger partial charge in [-0.05, 0) is 68.6 Å². The molecule has 160 valence electrons. The Morgan fingerprint density at radius 2 is 1.56 bits per heavy atom. The van der Waals surface area contributed by atoms with E-state index in [2.05, 4.69) is 86.2 Å². The van der Waals surface area contributed by atoms with Gasteiger partial charge in [-0.25, -0.2) is 4.79 Å². The number of ether oxygens (including phenoxy) is 1. The third-order valence-electron chi connectivity index (χ3n) is 6.08. The van der Waals surface area contributed by atoms with Crippen molar-refractivity contribution in [1.82, 2.24) is 0 Å². The van der Waals surface area contributed by atoms with E-state index in [-0.39, 0.29) is 12.8 Å². The third-order valence-corrected chi connectivity index (χ3v) is 6.08. The summed E-state index contributed by atoms with van der Waals surface area (Å²) in [6, 6.07) is 20.9. The minimum atomic E-state index is -0.312. The number of aryl methyl sites for hydroxylation is 4. The summed E-state index contributed by atoms with van der Waals surface area (Å²) in [6.07, 6.45) is 4.31. The van der Waals surface area contributed by atoms with Gasteiger partial charge in [-0.3, -0.25) is 0 Å². The molecule has 0 amide bonds. The summed E-state index contributed by atoms with van der Waals surface area (Å²) in [4.78, 5) is 14.5. The van der Waals surface area contributed by atoms with Gasteiger partial charge in [0.15, 0.2) is 0 Å². The maximum absolute atomic E-state index is 12.2. The molecule has 4 rings (SSSR count). The molecule has 3 aromatic carbocycles. The molecule has 0 saturated heterocycles. The largest absolute Gasteiger partial charge is 0.465 e. The van der Waals surface area contributed by atoms with Crippen LogP contribution in [0.4, 0.5) is 5.69 Å². The summed E-state index contributed by atoms with van der Waals surface area (Å²) < 4.78 is 4.95. The van der Waals surface area contributed by atoms with Crippen molar-refractivity contribution in [1.29, 1.82) is 0 Å². The van der Waals surface area contributed by atoms with Crippen LogP contribution in [0.5, 0.6) is 0 Å². The molecule has 1 aliphatic rings. The fraction of sp³-hybridized carbons (Fsp3) is 0.179. The van der Waals surface area contributed by atoms with E-state index in [0.29, 0.717) is 5.56 Å². The third kappa shape index (κ3) is 4.01. The average Bonchev–Trinajstić information content (AvgIpc) is 2.78. The first-order valence-corrected chi connectivity index (χ1v) is 10.9. The molecule has 0 atom stereocenters. The Hall–Kier alpha value is -3.53. The van der Waals surface area contributed by atoms with E-state index < -0.39 is 0 Å². The highest BCUT2D eigenvalue weighted by Crippen LogP contribution is 2.32. The molecule has 0 saturated carbocycles. The number of carbonyl (C=O) groups excluding carboxylic acids is 1. The lowest BCUT2D eigenvalue weighted by molar-refractivity contribution is 0.0600. The van der Waals surface area contributed by atoms with Gasteiger partial charge in [0.2, 0.25) is 0 Å². The first-order valence-electron chi connectivity index (χ1n) is 10.9. The van der Waals surface area contributed by atoms with E-state index in [0.717, 1.165) is 22.5 Å². The van der Waals surface area contributed by atoms with Crippen LogP contribution < -0.4 is 10.3 Å². The monoisotopic (exact) mass is 421 g/mol. The summed E-state index contributed by atoms with van der Waals surface area (Å²) in [5.41, 5.74) is 9.94. The predicted octanol–water partition coefficient (Wildman–Crippen LogP) is 5.56. The van der Waals surface area contributed by atoms with Crippen LogP contribution in [0.2, 0.25) is 0 Å². The second-order valence-electron chi connectivity index (χ2n) is 8.42. The summed E-state index contributed by atoms with van der Waals surface area (Å²) in [5.74, 6) is 1.94. The Bertz CT molecular complexity index is 1200. The summed E-state index contributed by atoms with van der Waals surface area (Å²) >= 11 is 0. The van der Waals surface area contributed by atoms with E-state index in [4.69, 9.17) is 4.74 Å². The molecule has 0 N–H and O–H groups in total. The van der Waals surface area contributed by atoms with E-state index in [9.17, 15) is 4.79 Å². The van der Waals surface area contributed by atoms with Crippen molar-refractivity contribution in [2.45, 2.75) is 27.7 Å². The average molecular weight is 421 g/mol. The van der Waals surface area contributed by atoms with Crippen molar-refractivity contribution in [2.75, 3.05) is 11.9 Å². The molecule has 3 nitrogen and oxygen atoms in total. The number of esters is 1. The van der Waals surface area contributed by atoms with Crippen molar-refractivity contribution in [2.24, 2.45) is 0 Å². The van der Waals surface area contributed by atoms with Crippen LogP contribution in [0, 0.1) is 27.7 Å². The lowest BCUT2D eigenvalue weighted by Crippen LogP contribution is -2.49. The van der Waals surface area contributed by atoms with Crippen LogP contribution in [0.25, 0.3) is 5.70 Å². The first kappa shape index (κ1) is 21.7. The standard InChI is InChI=1S/C28H28BNO2/c1-19-16-21(3)27(22(4)17-19)29-15-9-12-26(23-10-7-6-8-11-23)30(29)24-13-14-25(20(2)18-24)28(31)32-5/h6-18H,1-5H3. The molecular weight excluding hydrogens is 393 g/mol. The van der Waals surface area contributed by atoms with Crippen LogP contribution >= 0.6 is 0 Å². The van der Waals surface area contributed by atoms with Gasteiger partial charge in [0.05, 0.1) is 12.7 Å². The number of carbonyl (C=O) groups is 1. The van der Waals surface area contributed by atoms with Gasteiger partial charge in [-0.1, -0.05) is 71.2 Å². The molecule has 0 radical (unpaired) electrons. The highest BCUT2D eigenvalue weighted by molar-refractivity contribution is 6.83. The van der Waals surface area contributed by atoms with Crippen molar-refractivity contribution >= 4 is 29.7 Å². The van der Waals surface area contributed by atoms with Gasteiger partial charge in [0.1, 0.15) is 0 Å². The maximum Gasteiger partial charge on any atom is 0.338 e. The quantitative estimate of drug-likeness (QED) is 0.408. The molecule has 32 heavy (non-hydrogen) atoms.